The summed E-state index contributed by atoms with van der Waals surface area (Å²) in [7, 11) is 0. The number of carboxylic acids is 1. The van der Waals surface area contributed by atoms with Crippen LogP contribution in [0.15, 0.2) is 24.3 Å². The zero-order chi connectivity index (χ0) is 17.0. The number of carbonyl (C=O) groups is 2. The molecule has 1 heterocycles. The van der Waals surface area contributed by atoms with Crippen LogP contribution in [0.2, 0.25) is 0 Å². The van der Waals surface area contributed by atoms with Crippen LogP contribution in [-0.4, -0.2) is 41.0 Å². The van der Waals surface area contributed by atoms with Crippen LogP contribution in [0.4, 0.5) is 4.39 Å². The van der Waals surface area contributed by atoms with Crippen LogP contribution in [0, 0.1) is 11.7 Å². The summed E-state index contributed by atoms with van der Waals surface area (Å²) in [6, 6.07) is 5.54. The summed E-state index contributed by atoms with van der Waals surface area (Å²) in [5, 5.41) is 11.9. The number of carboxylic acid groups (broad SMARTS) is 1. The van der Waals surface area contributed by atoms with Gasteiger partial charge < -0.3 is 10.4 Å². The van der Waals surface area contributed by atoms with E-state index in [9.17, 15) is 14.0 Å². The van der Waals surface area contributed by atoms with Crippen molar-refractivity contribution >= 4 is 11.9 Å². The van der Waals surface area contributed by atoms with Gasteiger partial charge in [0.1, 0.15) is 5.82 Å². The normalized spacial score (nSPS) is 19.1. The first kappa shape index (κ1) is 17.4. The van der Waals surface area contributed by atoms with Gasteiger partial charge in [-0.05, 0) is 57.5 Å². The van der Waals surface area contributed by atoms with Crippen molar-refractivity contribution in [3.05, 3.63) is 35.6 Å². The van der Waals surface area contributed by atoms with E-state index in [1.807, 2.05) is 18.7 Å². The number of carbonyl (C=O) groups excluding carboxylic acids is 1. The van der Waals surface area contributed by atoms with Crippen molar-refractivity contribution in [3.63, 3.8) is 0 Å². The van der Waals surface area contributed by atoms with Gasteiger partial charge in [-0.15, -0.1) is 0 Å². The molecular formula is C17H23FN2O3. The van der Waals surface area contributed by atoms with E-state index in [-0.39, 0.29) is 29.7 Å². The average Bonchev–Trinajstić information content (AvgIpc) is 2.54. The fourth-order valence-electron chi connectivity index (χ4n) is 2.87. The third kappa shape index (κ3) is 4.51. The molecule has 1 fully saturated rings. The molecule has 0 radical (unpaired) electrons. The minimum Gasteiger partial charge on any atom is -0.481 e. The maximum absolute atomic E-state index is 12.9. The number of aliphatic carboxylic acids is 1. The van der Waals surface area contributed by atoms with Gasteiger partial charge in [-0.3, -0.25) is 14.5 Å². The summed E-state index contributed by atoms with van der Waals surface area (Å²) >= 11 is 0. The van der Waals surface area contributed by atoms with E-state index in [0.717, 1.165) is 5.56 Å². The van der Waals surface area contributed by atoms with Crippen molar-refractivity contribution in [2.75, 3.05) is 13.1 Å². The lowest BCUT2D eigenvalue weighted by molar-refractivity contribution is -0.143. The van der Waals surface area contributed by atoms with E-state index in [4.69, 9.17) is 5.11 Å². The maximum Gasteiger partial charge on any atom is 0.306 e. The van der Waals surface area contributed by atoms with Crippen molar-refractivity contribution < 1.29 is 19.1 Å². The molecule has 1 aromatic rings. The van der Waals surface area contributed by atoms with E-state index < -0.39 is 5.97 Å². The second kappa shape index (κ2) is 7.55. The van der Waals surface area contributed by atoms with Gasteiger partial charge in [-0.1, -0.05) is 12.1 Å². The largest absolute Gasteiger partial charge is 0.481 e. The summed E-state index contributed by atoms with van der Waals surface area (Å²) in [5.74, 6) is -1.47. The van der Waals surface area contributed by atoms with Crippen molar-refractivity contribution in [2.24, 2.45) is 5.92 Å². The van der Waals surface area contributed by atoms with Gasteiger partial charge in [0.15, 0.2) is 0 Å². The van der Waals surface area contributed by atoms with Crippen molar-refractivity contribution in [2.45, 2.75) is 38.8 Å². The van der Waals surface area contributed by atoms with Gasteiger partial charge in [-0.25, -0.2) is 4.39 Å². The molecule has 0 saturated carbocycles. The van der Waals surface area contributed by atoms with Gasteiger partial charge in [0.05, 0.1) is 18.0 Å². The number of halogens is 1. The lowest BCUT2D eigenvalue weighted by Gasteiger charge is -2.34. The Hall–Kier alpha value is -1.95. The van der Waals surface area contributed by atoms with Gasteiger partial charge >= 0.3 is 5.97 Å². The number of rotatable bonds is 5. The first-order valence-electron chi connectivity index (χ1n) is 7.91. The Kier molecular flexibility index (Phi) is 5.71. The molecule has 5 nitrogen and oxygen atoms in total. The molecule has 6 heteroatoms. The molecule has 2 unspecified atom stereocenters. The molecule has 1 aliphatic rings. The molecule has 1 aliphatic heterocycles. The van der Waals surface area contributed by atoms with E-state index in [1.54, 1.807) is 12.1 Å². The van der Waals surface area contributed by atoms with Crippen LogP contribution in [0.25, 0.3) is 0 Å². The second-order valence-electron chi connectivity index (χ2n) is 6.11. The number of hydrogen-bond donors (Lipinski definition) is 2. The average molecular weight is 322 g/mol. The topological polar surface area (TPSA) is 69.6 Å². The Morgan fingerprint density at radius 3 is 2.30 bits per heavy atom. The standard InChI is InChI=1S/C17H23FN2O3/c1-11(13-3-5-15(18)6-4-13)19-16(21)12(2)20-9-7-14(8-10-20)17(22)23/h3-6,11-12,14H,7-10H2,1-2H3,(H,19,21)(H,22,23). The van der Waals surface area contributed by atoms with Gasteiger partial charge in [0, 0.05) is 0 Å². The number of benzene rings is 1. The summed E-state index contributed by atoms with van der Waals surface area (Å²) < 4.78 is 12.9. The van der Waals surface area contributed by atoms with Crippen LogP contribution >= 0.6 is 0 Å². The second-order valence-corrected chi connectivity index (χ2v) is 6.11. The smallest absolute Gasteiger partial charge is 0.306 e. The molecule has 0 bridgehead atoms. The van der Waals surface area contributed by atoms with Crippen LogP contribution in [0.5, 0.6) is 0 Å². The predicted molar refractivity (Wildman–Crippen MR) is 84.4 cm³/mol. The number of nitrogens with one attached hydrogen (secondary N) is 1. The van der Waals surface area contributed by atoms with Gasteiger partial charge in [-0.2, -0.15) is 0 Å². The highest BCUT2D eigenvalue weighted by Crippen LogP contribution is 2.20. The summed E-state index contributed by atoms with van der Waals surface area (Å²) in [5.41, 5.74) is 0.844. The number of hydrogen-bond acceptors (Lipinski definition) is 3. The molecule has 2 atom stereocenters. The minimum absolute atomic E-state index is 0.101. The zero-order valence-corrected chi connectivity index (χ0v) is 13.5. The summed E-state index contributed by atoms with van der Waals surface area (Å²) in [4.78, 5) is 25.3. The molecule has 2 rings (SSSR count). The van der Waals surface area contributed by atoms with Gasteiger partial charge in [0.25, 0.3) is 0 Å². The molecule has 1 aromatic carbocycles. The monoisotopic (exact) mass is 322 g/mol. The molecule has 0 aromatic heterocycles. The SMILES string of the molecule is CC(NC(=O)C(C)N1CCC(C(=O)O)CC1)c1ccc(F)cc1. The molecular weight excluding hydrogens is 299 g/mol. The highest BCUT2D eigenvalue weighted by Gasteiger charge is 2.29. The van der Waals surface area contributed by atoms with E-state index in [0.29, 0.717) is 25.9 Å². The maximum atomic E-state index is 12.9. The molecule has 1 amide bonds. The van der Waals surface area contributed by atoms with E-state index >= 15 is 0 Å². The molecule has 2 N–H and O–H groups in total. The molecule has 0 aliphatic carbocycles. The third-order valence-corrected chi connectivity index (χ3v) is 4.53. The third-order valence-electron chi connectivity index (χ3n) is 4.53. The molecule has 1 saturated heterocycles. The number of piperidine rings is 1. The first-order valence-corrected chi connectivity index (χ1v) is 7.91. The Morgan fingerprint density at radius 2 is 1.78 bits per heavy atom. The van der Waals surface area contributed by atoms with Crippen LogP contribution in [-0.2, 0) is 9.59 Å². The highest BCUT2D eigenvalue weighted by atomic mass is 19.1. The van der Waals surface area contributed by atoms with Crippen LogP contribution < -0.4 is 5.32 Å². The quantitative estimate of drug-likeness (QED) is 0.872. The molecule has 126 valence electrons. The molecule has 23 heavy (non-hydrogen) atoms. The zero-order valence-electron chi connectivity index (χ0n) is 13.5. The highest BCUT2D eigenvalue weighted by molar-refractivity contribution is 5.81. The summed E-state index contributed by atoms with van der Waals surface area (Å²) in [6.07, 6.45) is 1.14. The first-order chi connectivity index (χ1) is 10.9. The van der Waals surface area contributed by atoms with E-state index in [1.165, 1.54) is 12.1 Å². The fraction of sp³-hybridized carbons (Fsp3) is 0.529. The Balaban J connectivity index is 1.87. The number of likely N-dealkylation sites (tertiary alicyclic amines) is 1. The Labute approximate surface area is 135 Å². The Bertz CT molecular complexity index is 553. The van der Waals surface area contributed by atoms with Gasteiger partial charge in [0.2, 0.25) is 5.91 Å². The number of amides is 1. The van der Waals surface area contributed by atoms with Crippen molar-refractivity contribution in [1.29, 1.82) is 0 Å². The lowest BCUT2D eigenvalue weighted by atomic mass is 9.96. The van der Waals surface area contributed by atoms with Crippen LogP contribution in [0.1, 0.15) is 38.3 Å². The van der Waals surface area contributed by atoms with Crippen LogP contribution in [0.3, 0.4) is 0 Å². The Morgan fingerprint density at radius 1 is 1.22 bits per heavy atom. The minimum atomic E-state index is -0.758. The lowest BCUT2D eigenvalue weighted by Crippen LogP contribution is -2.49. The fourth-order valence-corrected chi connectivity index (χ4v) is 2.87. The number of nitrogens with zero attached hydrogens (tertiary/aromatic N) is 1. The predicted octanol–water partition coefficient (Wildman–Crippen LogP) is 2.19. The molecule has 0 spiro atoms. The van der Waals surface area contributed by atoms with E-state index in [2.05, 4.69) is 5.32 Å². The van der Waals surface area contributed by atoms with Crippen molar-refractivity contribution in [1.82, 2.24) is 10.2 Å². The van der Waals surface area contributed by atoms with Crippen molar-refractivity contribution in [3.8, 4) is 0 Å². The summed E-state index contributed by atoms with van der Waals surface area (Å²) in [6.45, 7) is 4.90.